The van der Waals surface area contributed by atoms with Gasteiger partial charge < -0.3 is 10.2 Å². The zero-order valence-electron chi connectivity index (χ0n) is 16.1. The number of hydrogen-bond acceptors (Lipinski definition) is 4. The molecule has 1 amide bonds. The summed E-state index contributed by atoms with van der Waals surface area (Å²) >= 11 is 0. The van der Waals surface area contributed by atoms with Gasteiger partial charge in [-0.25, -0.2) is 4.79 Å². The number of nitrogens with zero attached hydrogens (tertiary/aromatic N) is 3. The third kappa shape index (κ3) is 3.80. The van der Waals surface area contributed by atoms with Crippen LogP contribution in [-0.2, 0) is 17.9 Å². The molecule has 0 saturated carbocycles. The molecular weight excluding hydrogens is 356 g/mol. The number of piperidine rings is 1. The first-order valence-electron chi connectivity index (χ1n) is 9.87. The molecule has 148 valence electrons. The zero-order valence-corrected chi connectivity index (χ0v) is 16.1. The van der Waals surface area contributed by atoms with Gasteiger partial charge in [0.25, 0.3) is 5.56 Å². The molecular formula is C21H26N4O3. The van der Waals surface area contributed by atoms with E-state index in [1.807, 2.05) is 30.3 Å². The maximum absolute atomic E-state index is 12.8. The van der Waals surface area contributed by atoms with Crippen LogP contribution in [0.25, 0.3) is 0 Å². The van der Waals surface area contributed by atoms with Crippen LogP contribution >= 0.6 is 0 Å². The van der Waals surface area contributed by atoms with Crippen molar-refractivity contribution >= 4 is 5.91 Å². The van der Waals surface area contributed by atoms with Crippen molar-refractivity contribution in [2.24, 2.45) is 0 Å². The number of carbonyl (C=O) groups is 1. The molecule has 2 bridgehead atoms. The van der Waals surface area contributed by atoms with Gasteiger partial charge in [0.15, 0.2) is 0 Å². The zero-order chi connectivity index (χ0) is 19.7. The normalized spacial score (nSPS) is 23.5. The van der Waals surface area contributed by atoms with Crippen LogP contribution in [-0.4, -0.2) is 45.1 Å². The van der Waals surface area contributed by atoms with Crippen LogP contribution in [0.2, 0.25) is 0 Å². The minimum atomic E-state index is -0.455. The largest absolute Gasteiger partial charge is 0.341 e. The average Bonchev–Trinajstić information content (AvgIpc) is 3.05. The number of fused-ring (bicyclic) bond motifs is 2. The van der Waals surface area contributed by atoms with Crippen molar-refractivity contribution in [3.8, 4) is 0 Å². The van der Waals surface area contributed by atoms with Gasteiger partial charge in [-0.2, -0.15) is 0 Å². The van der Waals surface area contributed by atoms with Crippen molar-refractivity contribution in [3.63, 3.8) is 0 Å². The molecule has 2 aliphatic rings. The van der Waals surface area contributed by atoms with Crippen LogP contribution in [0, 0.1) is 0 Å². The first kappa shape index (κ1) is 18.7. The number of aromatic nitrogens is 2. The van der Waals surface area contributed by atoms with E-state index in [2.05, 4.69) is 5.32 Å². The van der Waals surface area contributed by atoms with Gasteiger partial charge in [0.05, 0.1) is 6.54 Å². The van der Waals surface area contributed by atoms with Gasteiger partial charge >= 0.3 is 5.69 Å². The highest BCUT2D eigenvalue weighted by Crippen LogP contribution is 2.29. The first-order valence-corrected chi connectivity index (χ1v) is 9.87. The third-order valence-corrected chi connectivity index (χ3v) is 6.02. The summed E-state index contributed by atoms with van der Waals surface area (Å²) in [6.07, 6.45) is 5.67. The Morgan fingerprint density at radius 3 is 2.46 bits per heavy atom. The highest BCUT2D eigenvalue weighted by atomic mass is 16.2. The van der Waals surface area contributed by atoms with Crippen LogP contribution in [0.1, 0.15) is 31.2 Å². The van der Waals surface area contributed by atoms with Crippen molar-refractivity contribution in [1.82, 2.24) is 19.4 Å². The molecule has 4 rings (SSSR count). The molecule has 1 aromatic heterocycles. The topological polar surface area (TPSA) is 76.3 Å². The summed E-state index contributed by atoms with van der Waals surface area (Å²) in [4.78, 5) is 39.6. The third-order valence-electron chi connectivity index (χ3n) is 6.02. The monoisotopic (exact) mass is 382 g/mol. The van der Waals surface area contributed by atoms with E-state index >= 15 is 0 Å². The standard InChI is InChI=1S/C21H26N4O3/c1-23(18-11-16-7-8-17(12-18)22-16)20(27)14-25-19(26)9-10-24(21(25)28)13-15-5-3-2-4-6-15/h2-6,9-10,16-18,22H,7-8,11-14H2,1H3. The quantitative estimate of drug-likeness (QED) is 0.830. The van der Waals surface area contributed by atoms with Crippen molar-refractivity contribution < 1.29 is 4.79 Å². The summed E-state index contributed by atoms with van der Waals surface area (Å²) in [7, 11) is 1.79. The molecule has 0 radical (unpaired) electrons. The second-order valence-electron chi connectivity index (χ2n) is 7.90. The average molecular weight is 382 g/mol. The minimum absolute atomic E-state index is 0.164. The Hall–Kier alpha value is -2.67. The Kier molecular flexibility index (Phi) is 5.17. The van der Waals surface area contributed by atoms with E-state index in [-0.39, 0.29) is 18.5 Å². The van der Waals surface area contributed by atoms with Gasteiger partial charge in [-0.05, 0) is 31.2 Å². The summed E-state index contributed by atoms with van der Waals surface area (Å²) in [6, 6.07) is 12.0. The van der Waals surface area contributed by atoms with E-state index in [1.54, 1.807) is 11.9 Å². The summed E-state index contributed by atoms with van der Waals surface area (Å²) in [5, 5.41) is 3.57. The molecule has 2 unspecified atom stereocenters. The lowest BCUT2D eigenvalue weighted by Gasteiger charge is -2.35. The molecule has 0 spiro atoms. The van der Waals surface area contributed by atoms with E-state index in [0.717, 1.165) is 35.8 Å². The molecule has 7 nitrogen and oxygen atoms in total. The highest BCUT2D eigenvalue weighted by molar-refractivity contribution is 5.76. The van der Waals surface area contributed by atoms with Crippen molar-refractivity contribution in [1.29, 1.82) is 0 Å². The predicted octanol–water partition coefficient (Wildman–Crippen LogP) is 0.800. The van der Waals surface area contributed by atoms with Gasteiger partial charge in [0, 0.05) is 37.4 Å². The molecule has 2 saturated heterocycles. The molecule has 28 heavy (non-hydrogen) atoms. The van der Waals surface area contributed by atoms with Crippen LogP contribution in [0.3, 0.4) is 0 Å². The Balaban J connectivity index is 1.50. The van der Waals surface area contributed by atoms with Gasteiger partial charge in [-0.1, -0.05) is 30.3 Å². The lowest BCUT2D eigenvalue weighted by molar-refractivity contribution is -0.133. The number of rotatable bonds is 5. The summed E-state index contributed by atoms with van der Waals surface area (Å²) in [5.41, 5.74) is 0.0633. The van der Waals surface area contributed by atoms with Gasteiger partial charge in [-0.15, -0.1) is 0 Å². The van der Waals surface area contributed by atoms with Gasteiger partial charge in [-0.3, -0.25) is 18.7 Å². The van der Waals surface area contributed by atoms with E-state index in [9.17, 15) is 14.4 Å². The summed E-state index contributed by atoms with van der Waals surface area (Å²) < 4.78 is 2.51. The molecule has 1 aromatic carbocycles. The van der Waals surface area contributed by atoms with Crippen LogP contribution in [0.15, 0.2) is 52.2 Å². The van der Waals surface area contributed by atoms with E-state index in [1.165, 1.54) is 16.8 Å². The first-order chi connectivity index (χ1) is 13.5. The van der Waals surface area contributed by atoms with E-state index in [4.69, 9.17) is 0 Å². The molecule has 1 N–H and O–H groups in total. The molecule has 2 aromatic rings. The van der Waals surface area contributed by atoms with Crippen molar-refractivity contribution in [2.75, 3.05) is 7.05 Å². The second kappa shape index (κ2) is 7.75. The summed E-state index contributed by atoms with van der Waals surface area (Å²) in [6.45, 7) is 0.144. The molecule has 2 fully saturated rings. The van der Waals surface area contributed by atoms with Gasteiger partial charge in [0.1, 0.15) is 6.54 Å². The van der Waals surface area contributed by atoms with Crippen LogP contribution in [0.4, 0.5) is 0 Å². The van der Waals surface area contributed by atoms with Crippen LogP contribution < -0.4 is 16.6 Å². The highest BCUT2D eigenvalue weighted by Gasteiger charge is 2.36. The SMILES string of the molecule is CN(C(=O)Cn1c(=O)ccn(Cc2ccccc2)c1=O)C1CC2CCC(C1)N2. The minimum Gasteiger partial charge on any atom is -0.341 e. The Morgan fingerprint density at radius 1 is 1.11 bits per heavy atom. The number of benzene rings is 1. The predicted molar refractivity (Wildman–Crippen MR) is 106 cm³/mol. The fraction of sp³-hybridized carbons (Fsp3) is 0.476. The lowest BCUT2D eigenvalue weighted by Crippen LogP contribution is -2.51. The van der Waals surface area contributed by atoms with E-state index < -0.39 is 11.2 Å². The van der Waals surface area contributed by atoms with Gasteiger partial charge in [0.2, 0.25) is 5.91 Å². The Labute approximate surface area is 163 Å². The second-order valence-corrected chi connectivity index (χ2v) is 7.90. The Morgan fingerprint density at radius 2 is 1.79 bits per heavy atom. The Bertz CT molecular complexity index is 954. The summed E-state index contributed by atoms with van der Waals surface area (Å²) in [5.74, 6) is -0.192. The molecule has 0 aliphatic carbocycles. The molecule has 2 aliphatic heterocycles. The fourth-order valence-corrected chi connectivity index (χ4v) is 4.40. The molecule has 7 heteroatoms. The molecule has 2 atom stereocenters. The smallest absolute Gasteiger partial charge is 0.331 e. The lowest BCUT2D eigenvalue weighted by atomic mass is 9.98. The van der Waals surface area contributed by atoms with Crippen LogP contribution in [0.5, 0.6) is 0 Å². The fourth-order valence-electron chi connectivity index (χ4n) is 4.40. The maximum atomic E-state index is 12.8. The number of likely N-dealkylation sites (N-methyl/N-ethyl adjacent to an activating group) is 1. The number of nitrogens with one attached hydrogen (secondary N) is 1. The van der Waals surface area contributed by atoms with Crippen molar-refractivity contribution in [2.45, 2.75) is 56.9 Å². The number of carbonyl (C=O) groups excluding carboxylic acids is 1. The maximum Gasteiger partial charge on any atom is 0.331 e. The number of amides is 1. The van der Waals surface area contributed by atoms with Crippen molar-refractivity contribution in [3.05, 3.63) is 69.0 Å². The van der Waals surface area contributed by atoms with E-state index in [0.29, 0.717) is 18.6 Å². The number of hydrogen-bond donors (Lipinski definition) is 1. The molecule has 3 heterocycles.